The van der Waals surface area contributed by atoms with Crippen LogP contribution in [0.5, 0.6) is 11.5 Å². The van der Waals surface area contributed by atoms with Gasteiger partial charge < -0.3 is 9.84 Å². The molecule has 0 heterocycles. The number of rotatable bonds is 1. The minimum Gasteiger partial charge on any atom is -0.508 e. The lowest BCUT2D eigenvalue weighted by Crippen LogP contribution is -1.79. The van der Waals surface area contributed by atoms with Crippen LogP contribution in [0.1, 0.15) is 0 Å². The van der Waals surface area contributed by atoms with E-state index in [0.29, 0.717) is 5.75 Å². The fourth-order valence-electron chi connectivity index (χ4n) is 0.610. The van der Waals surface area contributed by atoms with Gasteiger partial charge in [-0.05, 0) is 12.1 Å². The monoisotopic (exact) mass is 144 g/mol. The van der Waals surface area contributed by atoms with Crippen molar-refractivity contribution in [1.82, 2.24) is 0 Å². The second-order valence-corrected chi connectivity index (χ2v) is 1.70. The molecular weight excluding hydrogens is 135 g/mol. The number of phenols is 1. The molecule has 1 N–H and O–H groups in total. The van der Waals surface area contributed by atoms with Crippen molar-refractivity contribution in [2.24, 2.45) is 0 Å². The van der Waals surface area contributed by atoms with Crippen LogP contribution in [-0.2, 0) is 0 Å². The minimum absolute atomic E-state index is 0. The highest BCUT2D eigenvalue weighted by atomic mass is 19.0. The van der Waals surface area contributed by atoms with Gasteiger partial charge in [-0.3, -0.25) is 4.70 Å². The SMILES string of the molecule is COc1cccc(O)c1.F. The van der Waals surface area contributed by atoms with Gasteiger partial charge in [-0.2, -0.15) is 0 Å². The van der Waals surface area contributed by atoms with E-state index in [1.807, 2.05) is 0 Å². The molecule has 1 aromatic rings. The van der Waals surface area contributed by atoms with E-state index in [1.54, 1.807) is 31.4 Å². The van der Waals surface area contributed by atoms with Crippen molar-refractivity contribution < 1.29 is 14.5 Å². The predicted molar refractivity (Wildman–Crippen MR) is 37.2 cm³/mol. The Kier molecular flexibility index (Phi) is 3.25. The third-order valence-electron chi connectivity index (χ3n) is 1.05. The smallest absolute Gasteiger partial charge is 0.122 e. The fourth-order valence-corrected chi connectivity index (χ4v) is 0.610. The van der Waals surface area contributed by atoms with Crippen LogP contribution in [0.25, 0.3) is 0 Å². The molecule has 56 valence electrons. The lowest BCUT2D eigenvalue weighted by atomic mass is 10.3. The van der Waals surface area contributed by atoms with Crippen molar-refractivity contribution in [2.75, 3.05) is 7.11 Å². The second-order valence-electron chi connectivity index (χ2n) is 1.70. The molecule has 3 heteroatoms. The van der Waals surface area contributed by atoms with E-state index in [9.17, 15) is 0 Å². The van der Waals surface area contributed by atoms with Crippen molar-refractivity contribution in [2.45, 2.75) is 0 Å². The summed E-state index contributed by atoms with van der Waals surface area (Å²) in [6.07, 6.45) is 0. The molecule has 2 nitrogen and oxygen atoms in total. The molecule has 0 radical (unpaired) electrons. The highest BCUT2D eigenvalue weighted by Gasteiger charge is 1.88. The minimum atomic E-state index is 0. The van der Waals surface area contributed by atoms with Gasteiger partial charge >= 0.3 is 0 Å². The van der Waals surface area contributed by atoms with Crippen molar-refractivity contribution >= 4 is 0 Å². The Morgan fingerprint density at radius 3 is 2.50 bits per heavy atom. The first-order valence-corrected chi connectivity index (χ1v) is 2.66. The van der Waals surface area contributed by atoms with E-state index in [1.165, 1.54) is 0 Å². The summed E-state index contributed by atoms with van der Waals surface area (Å²) >= 11 is 0. The van der Waals surface area contributed by atoms with Crippen LogP contribution < -0.4 is 4.74 Å². The number of methoxy groups -OCH3 is 1. The summed E-state index contributed by atoms with van der Waals surface area (Å²) in [4.78, 5) is 0. The number of benzene rings is 1. The first-order valence-electron chi connectivity index (χ1n) is 2.66. The maximum atomic E-state index is 8.86. The van der Waals surface area contributed by atoms with Crippen LogP contribution in [0, 0.1) is 0 Å². The van der Waals surface area contributed by atoms with Crippen molar-refractivity contribution in [3.63, 3.8) is 0 Å². The fraction of sp³-hybridized carbons (Fsp3) is 0.143. The van der Waals surface area contributed by atoms with E-state index >= 15 is 0 Å². The molecule has 1 rings (SSSR count). The van der Waals surface area contributed by atoms with Gasteiger partial charge in [0, 0.05) is 6.07 Å². The van der Waals surface area contributed by atoms with E-state index in [4.69, 9.17) is 9.84 Å². The molecule has 0 bridgehead atoms. The lowest BCUT2D eigenvalue weighted by Gasteiger charge is -1.97. The zero-order valence-electron chi connectivity index (χ0n) is 5.57. The van der Waals surface area contributed by atoms with E-state index < -0.39 is 0 Å². The Hall–Kier alpha value is -1.25. The third kappa shape index (κ3) is 1.93. The number of halogens is 1. The van der Waals surface area contributed by atoms with Crippen molar-refractivity contribution in [3.8, 4) is 11.5 Å². The molecule has 10 heavy (non-hydrogen) atoms. The first kappa shape index (κ1) is 8.75. The van der Waals surface area contributed by atoms with Crippen molar-refractivity contribution in [3.05, 3.63) is 24.3 Å². The Balaban J connectivity index is 0.000000810. The summed E-state index contributed by atoms with van der Waals surface area (Å²) < 4.78 is 4.84. The zero-order valence-corrected chi connectivity index (χ0v) is 5.57. The third-order valence-corrected chi connectivity index (χ3v) is 1.05. The molecule has 0 fully saturated rings. The number of phenolic OH excluding ortho intramolecular Hbond substituents is 1. The topological polar surface area (TPSA) is 29.5 Å². The average Bonchev–Trinajstić information content (AvgIpc) is 1.88. The van der Waals surface area contributed by atoms with Gasteiger partial charge in [-0.1, -0.05) is 6.07 Å². The second kappa shape index (κ2) is 3.71. The number of hydrogen-bond acceptors (Lipinski definition) is 2. The Morgan fingerprint density at radius 2 is 2.10 bits per heavy atom. The van der Waals surface area contributed by atoms with E-state index in [2.05, 4.69) is 0 Å². The van der Waals surface area contributed by atoms with Gasteiger partial charge in [0.05, 0.1) is 7.11 Å². The number of ether oxygens (including phenoxy) is 1. The number of aromatic hydroxyl groups is 1. The molecule has 0 saturated heterocycles. The Morgan fingerprint density at radius 1 is 1.40 bits per heavy atom. The summed E-state index contributed by atoms with van der Waals surface area (Å²) in [7, 11) is 1.56. The molecule has 1 aromatic carbocycles. The Bertz CT molecular complexity index is 201. The van der Waals surface area contributed by atoms with Crippen LogP contribution in [-0.4, -0.2) is 12.2 Å². The molecule has 0 atom stereocenters. The molecule has 0 saturated carbocycles. The van der Waals surface area contributed by atoms with Gasteiger partial charge in [0.15, 0.2) is 0 Å². The summed E-state index contributed by atoms with van der Waals surface area (Å²) in [6.45, 7) is 0. The molecule has 0 unspecified atom stereocenters. The molecule has 0 aliphatic rings. The summed E-state index contributed by atoms with van der Waals surface area (Å²) in [5.41, 5.74) is 0. The van der Waals surface area contributed by atoms with Gasteiger partial charge in [0.25, 0.3) is 0 Å². The van der Waals surface area contributed by atoms with Gasteiger partial charge in [-0.15, -0.1) is 0 Å². The summed E-state index contributed by atoms with van der Waals surface area (Å²) in [5, 5.41) is 8.86. The molecule has 0 aliphatic carbocycles. The van der Waals surface area contributed by atoms with E-state index in [0.717, 1.165) is 0 Å². The normalized spacial score (nSPS) is 8.10. The van der Waals surface area contributed by atoms with Crippen LogP contribution in [0.15, 0.2) is 24.3 Å². The summed E-state index contributed by atoms with van der Waals surface area (Å²) in [5.74, 6) is 0.907. The summed E-state index contributed by atoms with van der Waals surface area (Å²) in [6, 6.07) is 6.66. The average molecular weight is 144 g/mol. The molecule has 0 amide bonds. The van der Waals surface area contributed by atoms with Gasteiger partial charge in [0.2, 0.25) is 0 Å². The van der Waals surface area contributed by atoms with Crippen LogP contribution in [0.2, 0.25) is 0 Å². The highest BCUT2D eigenvalue weighted by Crippen LogP contribution is 2.16. The zero-order chi connectivity index (χ0) is 6.69. The van der Waals surface area contributed by atoms with Crippen LogP contribution in [0.4, 0.5) is 4.70 Å². The number of hydrogen-bond donors (Lipinski definition) is 1. The van der Waals surface area contributed by atoms with Gasteiger partial charge in [-0.25, -0.2) is 0 Å². The largest absolute Gasteiger partial charge is 0.508 e. The first-order chi connectivity index (χ1) is 4.33. The van der Waals surface area contributed by atoms with E-state index in [-0.39, 0.29) is 10.5 Å². The highest BCUT2D eigenvalue weighted by molar-refractivity contribution is 5.31. The molecular formula is C7H9FO2. The van der Waals surface area contributed by atoms with Crippen LogP contribution in [0.3, 0.4) is 0 Å². The Labute approximate surface area is 58.4 Å². The van der Waals surface area contributed by atoms with Crippen molar-refractivity contribution in [1.29, 1.82) is 0 Å². The maximum Gasteiger partial charge on any atom is 0.122 e. The molecule has 0 aliphatic heterocycles. The quantitative estimate of drug-likeness (QED) is 0.648. The lowest BCUT2D eigenvalue weighted by molar-refractivity contribution is 0.407. The molecule has 0 spiro atoms. The van der Waals surface area contributed by atoms with Crippen LogP contribution >= 0.6 is 0 Å². The predicted octanol–water partition coefficient (Wildman–Crippen LogP) is 1.55. The standard InChI is InChI=1S/C7H8O2.FH/c1-9-7-4-2-3-6(8)5-7;/h2-5,8H,1H3;1H. The molecule has 0 aromatic heterocycles. The van der Waals surface area contributed by atoms with Gasteiger partial charge in [0.1, 0.15) is 11.5 Å². The maximum absolute atomic E-state index is 8.86.